The second kappa shape index (κ2) is 7.48. The molecule has 21 heavy (non-hydrogen) atoms. The summed E-state index contributed by atoms with van der Waals surface area (Å²) in [6, 6.07) is 12.2. The molecule has 1 amide bonds. The molecular weight excluding hydrogens is 309 g/mol. The first-order chi connectivity index (χ1) is 10.0. The van der Waals surface area contributed by atoms with Crippen molar-refractivity contribution in [2.45, 2.75) is 12.7 Å². The molecule has 1 N–H and O–H groups in total. The molecule has 2 nitrogen and oxygen atoms in total. The highest BCUT2D eigenvalue weighted by Gasteiger charge is 2.07. The predicted molar refractivity (Wildman–Crippen MR) is 87.4 cm³/mol. The monoisotopic (exact) mass is 323 g/mol. The van der Waals surface area contributed by atoms with Crippen LogP contribution in [0.4, 0.5) is 10.1 Å². The molecule has 0 heterocycles. The molecule has 0 aliphatic rings. The molecule has 2 rings (SSSR count). The number of nitrogens with one attached hydrogen (secondary N) is 1. The van der Waals surface area contributed by atoms with Crippen LogP contribution in [0.25, 0.3) is 0 Å². The van der Waals surface area contributed by atoms with Crippen LogP contribution in [-0.2, 0) is 10.5 Å². The van der Waals surface area contributed by atoms with Crippen LogP contribution in [0.15, 0.2) is 42.5 Å². The minimum Gasteiger partial charge on any atom is -0.323 e. The molecule has 0 aromatic heterocycles. The van der Waals surface area contributed by atoms with Crippen molar-refractivity contribution in [2.75, 3.05) is 11.1 Å². The molecule has 0 radical (unpaired) electrons. The van der Waals surface area contributed by atoms with Gasteiger partial charge in [0.2, 0.25) is 5.91 Å². The highest BCUT2D eigenvalue weighted by atomic mass is 35.5. The second-order valence-electron chi connectivity index (χ2n) is 4.65. The van der Waals surface area contributed by atoms with Gasteiger partial charge in [-0.2, -0.15) is 0 Å². The summed E-state index contributed by atoms with van der Waals surface area (Å²) in [6.07, 6.45) is 0. The number of halogens is 2. The Morgan fingerprint density at radius 3 is 2.81 bits per heavy atom. The van der Waals surface area contributed by atoms with Crippen molar-refractivity contribution in [3.63, 3.8) is 0 Å². The molecule has 2 aromatic rings. The number of thioether (sulfide) groups is 1. The smallest absolute Gasteiger partial charge is 0.234 e. The zero-order chi connectivity index (χ0) is 15.2. The lowest BCUT2D eigenvalue weighted by Crippen LogP contribution is -2.15. The standard InChI is InChI=1S/C16H15ClFNOS/c1-11-5-6-15(14(18)7-11)19-16(20)10-21-9-12-3-2-4-13(17)8-12/h2-8H,9-10H2,1H3,(H,19,20). The molecule has 0 spiro atoms. The van der Waals surface area contributed by atoms with E-state index in [1.807, 2.05) is 24.3 Å². The van der Waals surface area contributed by atoms with Crippen LogP contribution in [0, 0.1) is 12.7 Å². The van der Waals surface area contributed by atoms with E-state index >= 15 is 0 Å². The number of carbonyl (C=O) groups excluding carboxylic acids is 1. The van der Waals surface area contributed by atoms with Gasteiger partial charge in [0.15, 0.2) is 0 Å². The molecule has 0 atom stereocenters. The van der Waals surface area contributed by atoms with Crippen LogP contribution in [0.5, 0.6) is 0 Å². The van der Waals surface area contributed by atoms with Crippen molar-refractivity contribution in [2.24, 2.45) is 0 Å². The van der Waals surface area contributed by atoms with Gasteiger partial charge in [0.1, 0.15) is 5.82 Å². The topological polar surface area (TPSA) is 29.1 Å². The van der Waals surface area contributed by atoms with Crippen LogP contribution in [-0.4, -0.2) is 11.7 Å². The summed E-state index contributed by atoms with van der Waals surface area (Å²) in [4.78, 5) is 11.8. The fourth-order valence-corrected chi connectivity index (χ4v) is 2.78. The first-order valence-corrected chi connectivity index (χ1v) is 7.96. The average Bonchev–Trinajstić information content (AvgIpc) is 2.42. The van der Waals surface area contributed by atoms with Crippen molar-refractivity contribution < 1.29 is 9.18 Å². The molecule has 0 aliphatic heterocycles. The van der Waals surface area contributed by atoms with E-state index in [1.165, 1.54) is 17.8 Å². The van der Waals surface area contributed by atoms with Crippen molar-refractivity contribution in [3.8, 4) is 0 Å². The summed E-state index contributed by atoms with van der Waals surface area (Å²) in [5, 5.41) is 3.25. The van der Waals surface area contributed by atoms with E-state index in [0.717, 1.165) is 11.1 Å². The van der Waals surface area contributed by atoms with Crippen LogP contribution in [0.3, 0.4) is 0 Å². The van der Waals surface area contributed by atoms with E-state index in [0.29, 0.717) is 10.8 Å². The molecule has 0 saturated carbocycles. The van der Waals surface area contributed by atoms with Gasteiger partial charge in [-0.1, -0.05) is 29.8 Å². The Kier molecular flexibility index (Phi) is 5.65. The lowest BCUT2D eigenvalue weighted by atomic mass is 10.2. The summed E-state index contributed by atoms with van der Waals surface area (Å²) in [5.41, 5.74) is 2.09. The Bertz CT molecular complexity index is 648. The van der Waals surface area contributed by atoms with E-state index in [1.54, 1.807) is 19.1 Å². The van der Waals surface area contributed by atoms with Crippen molar-refractivity contribution in [1.82, 2.24) is 0 Å². The van der Waals surface area contributed by atoms with Gasteiger partial charge < -0.3 is 5.32 Å². The zero-order valence-corrected chi connectivity index (χ0v) is 13.1. The fraction of sp³-hybridized carbons (Fsp3) is 0.188. The number of carbonyl (C=O) groups is 1. The summed E-state index contributed by atoms with van der Waals surface area (Å²) in [7, 11) is 0. The maximum absolute atomic E-state index is 13.6. The first-order valence-electron chi connectivity index (χ1n) is 6.43. The van der Waals surface area contributed by atoms with Crippen LogP contribution in [0.1, 0.15) is 11.1 Å². The number of hydrogen-bond donors (Lipinski definition) is 1. The highest BCUT2D eigenvalue weighted by Crippen LogP contribution is 2.18. The molecule has 0 fully saturated rings. The second-order valence-corrected chi connectivity index (χ2v) is 6.08. The van der Waals surface area contributed by atoms with E-state index in [2.05, 4.69) is 5.32 Å². The summed E-state index contributed by atoms with van der Waals surface area (Å²) >= 11 is 7.35. The third-order valence-corrected chi connectivity index (χ3v) is 4.03. The molecule has 0 aliphatic carbocycles. The summed E-state index contributed by atoms with van der Waals surface area (Å²) < 4.78 is 13.6. The molecular formula is C16H15ClFNOS. The van der Waals surface area contributed by atoms with Gasteiger partial charge in [-0.3, -0.25) is 4.79 Å². The Labute approximate surface area is 132 Å². The first kappa shape index (κ1) is 15.9. The van der Waals surface area contributed by atoms with Gasteiger partial charge in [0.05, 0.1) is 11.4 Å². The van der Waals surface area contributed by atoms with Crippen LogP contribution in [0.2, 0.25) is 5.02 Å². The third kappa shape index (κ3) is 5.06. The molecule has 5 heteroatoms. The van der Waals surface area contributed by atoms with Gasteiger partial charge >= 0.3 is 0 Å². The zero-order valence-electron chi connectivity index (χ0n) is 11.5. The van der Waals surface area contributed by atoms with Gasteiger partial charge in [-0.25, -0.2) is 4.39 Å². The predicted octanol–water partition coefficient (Wildman–Crippen LogP) is 4.66. The van der Waals surface area contributed by atoms with E-state index < -0.39 is 5.82 Å². The molecule has 0 saturated heterocycles. The lowest BCUT2D eigenvalue weighted by Gasteiger charge is -2.07. The van der Waals surface area contributed by atoms with Gasteiger partial charge in [-0.15, -0.1) is 11.8 Å². The Morgan fingerprint density at radius 2 is 2.10 bits per heavy atom. The minimum atomic E-state index is -0.414. The van der Waals surface area contributed by atoms with Crippen molar-refractivity contribution >= 4 is 35.0 Å². The normalized spacial score (nSPS) is 10.4. The third-order valence-electron chi connectivity index (χ3n) is 2.79. The largest absolute Gasteiger partial charge is 0.323 e. The number of aryl methyl sites for hydroxylation is 1. The maximum Gasteiger partial charge on any atom is 0.234 e. The van der Waals surface area contributed by atoms with Crippen molar-refractivity contribution in [3.05, 3.63) is 64.4 Å². The van der Waals surface area contributed by atoms with Crippen LogP contribution < -0.4 is 5.32 Å². The molecule has 2 aromatic carbocycles. The van der Waals surface area contributed by atoms with E-state index in [9.17, 15) is 9.18 Å². The van der Waals surface area contributed by atoms with Gasteiger partial charge in [-0.05, 0) is 42.3 Å². The fourth-order valence-electron chi connectivity index (χ4n) is 1.80. The Balaban J connectivity index is 1.82. The van der Waals surface area contributed by atoms with Gasteiger partial charge in [0.25, 0.3) is 0 Å². The number of anilines is 1. The van der Waals surface area contributed by atoms with E-state index in [-0.39, 0.29) is 17.3 Å². The molecule has 0 bridgehead atoms. The quantitative estimate of drug-likeness (QED) is 0.867. The lowest BCUT2D eigenvalue weighted by molar-refractivity contribution is -0.113. The molecule has 0 unspecified atom stereocenters. The number of hydrogen-bond acceptors (Lipinski definition) is 2. The highest BCUT2D eigenvalue weighted by molar-refractivity contribution is 7.99. The molecule has 110 valence electrons. The van der Waals surface area contributed by atoms with Crippen molar-refractivity contribution in [1.29, 1.82) is 0 Å². The maximum atomic E-state index is 13.6. The average molecular weight is 324 g/mol. The summed E-state index contributed by atoms with van der Waals surface area (Å²) in [5.74, 6) is 0.317. The number of amides is 1. The van der Waals surface area contributed by atoms with Crippen LogP contribution >= 0.6 is 23.4 Å². The summed E-state index contributed by atoms with van der Waals surface area (Å²) in [6.45, 7) is 1.80. The van der Waals surface area contributed by atoms with Gasteiger partial charge in [0, 0.05) is 10.8 Å². The number of benzene rings is 2. The SMILES string of the molecule is Cc1ccc(NC(=O)CSCc2cccc(Cl)c2)c(F)c1. The Morgan fingerprint density at radius 1 is 1.29 bits per heavy atom. The number of rotatable bonds is 5. The minimum absolute atomic E-state index is 0.217. The van der Waals surface area contributed by atoms with E-state index in [4.69, 9.17) is 11.6 Å². The Hall–Kier alpha value is -1.52.